The van der Waals surface area contributed by atoms with Crippen molar-refractivity contribution in [3.8, 4) is 6.07 Å². The first-order valence-electron chi connectivity index (χ1n) is 5.80. The van der Waals surface area contributed by atoms with Gasteiger partial charge in [-0.25, -0.2) is 0 Å². The topological polar surface area (TPSA) is 61.2 Å². The molecule has 1 aliphatic rings. The summed E-state index contributed by atoms with van der Waals surface area (Å²) in [6.07, 6.45) is 1.68. The van der Waals surface area contributed by atoms with Crippen LogP contribution in [0.3, 0.4) is 0 Å². The third-order valence-corrected chi connectivity index (χ3v) is 3.56. The minimum absolute atomic E-state index is 0.139. The van der Waals surface area contributed by atoms with E-state index in [-0.39, 0.29) is 17.2 Å². The van der Waals surface area contributed by atoms with Crippen LogP contribution < -0.4 is 0 Å². The van der Waals surface area contributed by atoms with Crippen LogP contribution in [-0.4, -0.2) is 22.1 Å². The number of carbonyl (C=O) groups excluding carboxylic acids is 2. The van der Waals surface area contributed by atoms with Crippen LogP contribution in [0.5, 0.6) is 0 Å². The molecule has 1 aliphatic heterocycles. The molecule has 2 amide bonds. The number of nitriles is 1. The van der Waals surface area contributed by atoms with Gasteiger partial charge >= 0.3 is 0 Å². The number of amides is 2. The Labute approximate surface area is 115 Å². The van der Waals surface area contributed by atoms with Gasteiger partial charge in [-0.05, 0) is 49.4 Å². The summed E-state index contributed by atoms with van der Waals surface area (Å²) in [5.74, 6) is -0.255. The van der Waals surface area contributed by atoms with Crippen molar-refractivity contribution in [1.29, 1.82) is 5.26 Å². The molecule has 0 aliphatic carbocycles. The Morgan fingerprint density at radius 2 is 1.89 bits per heavy atom. The smallest absolute Gasteiger partial charge is 0.268 e. The average molecular weight is 272 g/mol. The van der Waals surface area contributed by atoms with Gasteiger partial charge in [0, 0.05) is 6.04 Å². The van der Waals surface area contributed by atoms with Gasteiger partial charge in [-0.1, -0.05) is 12.1 Å². The Balaban J connectivity index is 2.27. The lowest BCUT2D eigenvalue weighted by Crippen LogP contribution is -2.34. The maximum atomic E-state index is 12.0. The van der Waals surface area contributed by atoms with E-state index in [2.05, 4.69) is 0 Å². The fourth-order valence-corrected chi connectivity index (χ4v) is 2.69. The Kier molecular flexibility index (Phi) is 3.72. The van der Waals surface area contributed by atoms with Crippen molar-refractivity contribution in [2.45, 2.75) is 19.9 Å². The fraction of sp³-hybridized carbons (Fsp3) is 0.214. The molecule has 0 unspecified atom stereocenters. The molecule has 1 fully saturated rings. The SMILES string of the molecule is CC(C)N1C(=O)S/C(=C\c2ccc(C#N)cc2)C1=O. The average Bonchev–Trinajstić information content (AvgIpc) is 2.65. The van der Waals surface area contributed by atoms with Gasteiger partial charge < -0.3 is 0 Å². The van der Waals surface area contributed by atoms with E-state index in [4.69, 9.17) is 5.26 Å². The van der Waals surface area contributed by atoms with Crippen molar-refractivity contribution in [2.75, 3.05) is 0 Å². The van der Waals surface area contributed by atoms with Gasteiger partial charge in [-0.3, -0.25) is 14.5 Å². The number of imide groups is 1. The zero-order chi connectivity index (χ0) is 14.0. The maximum absolute atomic E-state index is 12.0. The van der Waals surface area contributed by atoms with Crippen LogP contribution in [0.1, 0.15) is 25.0 Å². The van der Waals surface area contributed by atoms with Gasteiger partial charge in [-0.15, -0.1) is 0 Å². The van der Waals surface area contributed by atoms with E-state index >= 15 is 0 Å². The minimum atomic E-state index is -0.255. The van der Waals surface area contributed by atoms with Crippen molar-refractivity contribution >= 4 is 29.0 Å². The molecule has 19 heavy (non-hydrogen) atoms. The minimum Gasteiger partial charge on any atom is -0.268 e. The van der Waals surface area contributed by atoms with Crippen LogP contribution in [0.15, 0.2) is 29.2 Å². The summed E-state index contributed by atoms with van der Waals surface area (Å²) in [5.41, 5.74) is 1.36. The Morgan fingerprint density at radius 1 is 1.26 bits per heavy atom. The summed E-state index contributed by atoms with van der Waals surface area (Å²) >= 11 is 0.948. The van der Waals surface area contributed by atoms with Crippen LogP contribution in [0, 0.1) is 11.3 Å². The molecule has 0 saturated carbocycles. The number of carbonyl (C=O) groups is 2. The zero-order valence-electron chi connectivity index (χ0n) is 10.6. The first kappa shape index (κ1) is 13.4. The number of hydrogen-bond donors (Lipinski definition) is 0. The highest BCUT2D eigenvalue weighted by atomic mass is 32.2. The van der Waals surface area contributed by atoms with Gasteiger partial charge in [-0.2, -0.15) is 5.26 Å². The molecule has 1 heterocycles. The third kappa shape index (κ3) is 2.69. The maximum Gasteiger partial charge on any atom is 0.293 e. The van der Waals surface area contributed by atoms with Crippen molar-refractivity contribution in [1.82, 2.24) is 4.90 Å². The molecule has 96 valence electrons. The molecule has 0 aromatic heterocycles. The second kappa shape index (κ2) is 5.29. The first-order chi connectivity index (χ1) is 9.02. The molecule has 1 aromatic rings. The Hall–Kier alpha value is -2.06. The Bertz CT molecular complexity index is 597. The van der Waals surface area contributed by atoms with Gasteiger partial charge in [0.25, 0.3) is 11.1 Å². The van der Waals surface area contributed by atoms with Crippen molar-refractivity contribution in [2.24, 2.45) is 0 Å². The molecule has 0 spiro atoms. The molecule has 4 nitrogen and oxygen atoms in total. The highest BCUT2D eigenvalue weighted by molar-refractivity contribution is 8.18. The van der Waals surface area contributed by atoms with E-state index in [9.17, 15) is 9.59 Å². The molecule has 1 aromatic carbocycles. The van der Waals surface area contributed by atoms with E-state index in [1.54, 1.807) is 44.2 Å². The van der Waals surface area contributed by atoms with E-state index in [1.165, 1.54) is 4.90 Å². The zero-order valence-corrected chi connectivity index (χ0v) is 11.4. The van der Waals surface area contributed by atoms with Gasteiger partial charge in [0.15, 0.2) is 0 Å². The predicted molar refractivity (Wildman–Crippen MR) is 74.1 cm³/mol. The predicted octanol–water partition coefficient (Wildman–Crippen LogP) is 3.00. The lowest BCUT2D eigenvalue weighted by atomic mass is 10.1. The van der Waals surface area contributed by atoms with Crippen LogP contribution in [0.25, 0.3) is 6.08 Å². The standard InChI is InChI=1S/C14H12N2O2S/c1-9(2)16-13(17)12(19-14(16)18)7-10-3-5-11(8-15)6-4-10/h3-7,9H,1-2H3/b12-7-. The molecule has 2 rings (SSSR count). The largest absolute Gasteiger partial charge is 0.293 e. The van der Waals surface area contributed by atoms with Gasteiger partial charge in [0.1, 0.15) is 0 Å². The highest BCUT2D eigenvalue weighted by Gasteiger charge is 2.36. The number of benzene rings is 1. The summed E-state index contributed by atoms with van der Waals surface area (Å²) in [5, 5.41) is 8.47. The number of thioether (sulfide) groups is 1. The summed E-state index contributed by atoms with van der Waals surface area (Å²) in [6.45, 7) is 3.61. The third-order valence-electron chi connectivity index (χ3n) is 2.68. The summed E-state index contributed by atoms with van der Waals surface area (Å²) in [6, 6.07) is 8.75. The number of rotatable bonds is 2. The number of nitrogens with zero attached hydrogens (tertiary/aromatic N) is 2. The van der Waals surface area contributed by atoms with E-state index in [1.807, 2.05) is 6.07 Å². The summed E-state index contributed by atoms with van der Waals surface area (Å²) in [7, 11) is 0. The van der Waals surface area contributed by atoms with Crippen molar-refractivity contribution < 1.29 is 9.59 Å². The molecular weight excluding hydrogens is 260 g/mol. The quantitative estimate of drug-likeness (QED) is 0.776. The second-order valence-electron chi connectivity index (χ2n) is 4.38. The molecule has 0 N–H and O–H groups in total. The summed E-state index contributed by atoms with van der Waals surface area (Å²) in [4.78, 5) is 25.4. The van der Waals surface area contributed by atoms with Gasteiger partial charge in [0.2, 0.25) is 0 Å². The molecule has 0 radical (unpaired) electrons. The van der Waals surface area contributed by atoms with E-state index < -0.39 is 0 Å². The van der Waals surface area contributed by atoms with Crippen LogP contribution in [0.2, 0.25) is 0 Å². The normalized spacial score (nSPS) is 17.4. The monoisotopic (exact) mass is 272 g/mol. The number of hydrogen-bond acceptors (Lipinski definition) is 4. The lowest BCUT2D eigenvalue weighted by Gasteiger charge is -2.16. The summed E-state index contributed by atoms with van der Waals surface area (Å²) < 4.78 is 0. The second-order valence-corrected chi connectivity index (χ2v) is 5.37. The molecule has 0 atom stereocenters. The molecule has 1 saturated heterocycles. The van der Waals surface area contributed by atoms with Crippen LogP contribution >= 0.6 is 11.8 Å². The van der Waals surface area contributed by atoms with E-state index in [0.717, 1.165) is 17.3 Å². The van der Waals surface area contributed by atoms with Crippen molar-refractivity contribution in [3.63, 3.8) is 0 Å². The fourth-order valence-electron chi connectivity index (χ4n) is 1.73. The van der Waals surface area contributed by atoms with E-state index in [0.29, 0.717) is 10.5 Å². The lowest BCUT2D eigenvalue weighted by molar-refractivity contribution is -0.123. The Morgan fingerprint density at radius 3 is 2.37 bits per heavy atom. The van der Waals surface area contributed by atoms with Crippen LogP contribution in [-0.2, 0) is 4.79 Å². The van der Waals surface area contributed by atoms with Crippen LogP contribution in [0.4, 0.5) is 4.79 Å². The van der Waals surface area contributed by atoms with Gasteiger partial charge in [0.05, 0.1) is 16.5 Å². The highest BCUT2D eigenvalue weighted by Crippen LogP contribution is 2.33. The molecule has 0 bridgehead atoms. The first-order valence-corrected chi connectivity index (χ1v) is 6.62. The molecule has 5 heteroatoms. The van der Waals surface area contributed by atoms with Crippen molar-refractivity contribution in [3.05, 3.63) is 40.3 Å². The molecular formula is C14H12N2O2S.